The van der Waals surface area contributed by atoms with Gasteiger partial charge in [0.05, 0.1) is 5.60 Å². The van der Waals surface area contributed by atoms with Crippen LogP contribution in [0.5, 0.6) is 0 Å². The van der Waals surface area contributed by atoms with Gasteiger partial charge in [-0.15, -0.1) is 0 Å². The number of halogens is 2. The molecule has 0 aliphatic rings. The second-order valence-electron chi connectivity index (χ2n) is 4.51. The summed E-state index contributed by atoms with van der Waals surface area (Å²) >= 11 is 1.58. The normalized spacial score (nSPS) is 14.4. The number of thiophene rings is 1. The molecule has 0 bridgehead atoms. The lowest BCUT2D eigenvalue weighted by atomic mass is 9.89. The average molecular weight is 268 g/mol. The molecule has 2 aromatic rings. The van der Waals surface area contributed by atoms with E-state index in [1.807, 2.05) is 16.8 Å². The Kier molecular flexibility index (Phi) is 3.78. The molecule has 1 N–H and O–H groups in total. The van der Waals surface area contributed by atoms with Crippen molar-refractivity contribution >= 4 is 11.3 Å². The monoisotopic (exact) mass is 268 g/mol. The summed E-state index contributed by atoms with van der Waals surface area (Å²) in [7, 11) is 0. The standard InChI is InChI=1S/C14H14F2OS/c1-14(17,7-5-10-6-8-18-9-10)11-3-2-4-12(15)13(11)16/h2-4,6,8-9,17H,5,7H2,1H3. The quantitative estimate of drug-likeness (QED) is 0.892. The lowest BCUT2D eigenvalue weighted by molar-refractivity contribution is 0.0436. The summed E-state index contributed by atoms with van der Waals surface area (Å²) in [4.78, 5) is 0. The van der Waals surface area contributed by atoms with E-state index < -0.39 is 17.2 Å². The molecule has 0 aliphatic carbocycles. The van der Waals surface area contributed by atoms with E-state index in [1.54, 1.807) is 11.3 Å². The summed E-state index contributed by atoms with van der Waals surface area (Å²) in [5.41, 5.74) is -0.261. The van der Waals surface area contributed by atoms with Gasteiger partial charge in [-0.05, 0) is 48.2 Å². The van der Waals surface area contributed by atoms with Gasteiger partial charge in [0.1, 0.15) is 0 Å². The molecule has 4 heteroatoms. The molecule has 0 fully saturated rings. The van der Waals surface area contributed by atoms with E-state index in [-0.39, 0.29) is 5.56 Å². The van der Waals surface area contributed by atoms with Gasteiger partial charge in [-0.1, -0.05) is 12.1 Å². The van der Waals surface area contributed by atoms with Gasteiger partial charge in [0.25, 0.3) is 0 Å². The van der Waals surface area contributed by atoms with Crippen molar-refractivity contribution in [1.29, 1.82) is 0 Å². The Morgan fingerprint density at radius 2 is 2.06 bits per heavy atom. The van der Waals surface area contributed by atoms with Crippen LogP contribution in [0.1, 0.15) is 24.5 Å². The highest BCUT2D eigenvalue weighted by atomic mass is 32.1. The molecule has 0 spiro atoms. The van der Waals surface area contributed by atoms with Gasteiger partial charge in [-0.2, -0.15) is 11.3 Å². The van der Waals surface area contributed by atoms with Gasteiger partial charge in [0, 0.05) is 5.56 Å². The van der Waals surface area contributed by atoms with E-state index in [2.05, 4.69) is 0 Å². The van der Waals surface area contributed by atoms with Crippen LogP contribution in [0.15, 0.2) is 35.0 Å². The Labute approximate surface area is 109 Å². The van der Waals surface area contributed by atoms with E-state index in [0.29, 0.717) is 12.8 Å². The lowest BCUT2D eigenvalue weighted by Gasteiger charge is -2.24. The highest BCUT2D eigenvalue weighted by Crippen LogP contribution is 2.29. The Bertz CT molecular complexity index is 521. The predicted molar refractivity (Wildman–Crippen MR) is 68.6 cm³/mol. The minimum Gasteiger partial charge on any atom is -0.385 e. The molecule has 96 valence electrons. The smallest absolute Gasteiger partial charge is 0.164 e. The third kappa shape index (κ3) is 2.76. The van der Waals surface area contributed by atoms with Crippen LogP contribution < -0.4 is 0 Å². The summed E-state index contributed by atoms with van der Waals surface area (Å²) in [5, 5.41) is 14.2. The van der Waals surface area contributed by atoms with Crippen LogP contribution >= 0.6 is 11.3 Å². The van der Waals surface area contributed by atoms with E-state index in [4.69, 9.17) is 0 Å². The molecule has 0 amide bonds. The van der Waals surface area contributed by atoms with E-state index >= 15 is 0 Å². The highest BCUT2D eigenvalue weighted by molar-refractivity contribution is 7.07. The third-order valence-corrected chi connectivity index (χ3v) is 3.74. The maximum absolute atomic E-state index is 13.6. The summed E-state index contributed by atoms with van der Waals surface area (Å²) < 4.78 is 26.8. The predicted octanol–water partition coefficient (Wildman–Crippen LogP) is 3.87. The molecular formula is C14H14F2OS. The van der Waals surface area contributed by atoms with Crippen LogP contribution in [0.2, 0.25) is 0 Å². The van der Waals surface area contributed by atoms with Crippen molar-refractivity contribution in [2.24, 2.45) is 0 Å². The SMILES string of the molecule is CC(O)(CCc1ccsc1)c1cccc(F)c1F. The number of aryl methyl sites for hydroxylation is 1. The van der Waals surface area contributed by atoms with Crippen molar-refractivity contribution in [2.75, 3.05) is 0 Å². The molecule has 2 rings (SSSR count). The first kappa shape index (κ1) is 13.2. The first-order valence-corrected chi connectivity index (χ1v) is 6.63. The largest absolute Gasteiger partial charge is 0.385 e. The Balaban J connectivity index is 2.17. The minimum absolute atomic E-state index is 0.0118. The molecule has 0 aliphatic heterocycles. The maximum atomic E-state index is 13.6. The molecule has 1 aromatic carbocycles. The number of rotatable bonds is 4. The van der Waals surface area contributed by atoms with Crippen molar-refractivity contribution < 1.29 is 13.9 Å². The van der Waals surface area contributed by atoms with Gasteiger partial charge in [0.15, 0.2) is 11.6 Å². The molecule has 1 atom stereocenters. The van der Waals surface area contributed by atoms with Gasteiger partial charge in [-0.3, -0.25) is 0 Å². The van der Waals surface area contributed by atoms with Crippen LogP contribution in [0.25, 0.3) is 0 Å². The van der Waals surface area contributed by atoms with Crippen molar-refractivity contribution in [3.63, 3.8) is 0 Å². The fourth-order valence-corrected chi connectivity index (χ4v) is 2.58. The molecule has 1 heterocycles. The summed E-state index contributed by atoms with van der Waals surface area (Å²) in [6.07, 6.45) is 0.983. The first-order valence-electron chi connectivity index (χ1n) is 5.68. The topological polar surface area (TPSA) is 20.2 Å². The van der Waals surface area contributed by atoms with Crippen LogP contribution in [0.4, 0.5) is 8.78 Å². The first-order chi connectivity index (χ1) is 8.50. The summed E-state index contributed by atoms with van der Waals surface area (Å²) in [6, 6.07) is 5.84. The Hall–Kier alpha value is -1.26. The van der Waals surface area contributed by atoms with Crippen LogP contribution in [0.3, 0.4) is 0 Å². The van der Waals surface area contributed by atoms with Crippen molar-refractivity contribution in [3.8, 4) is 0 Å². The third-order valence-electron chi connectivity index (χ3n) is 3.01. The molecule has 1 nitrogen and oxygen atoms in total. The van der Waals surface area contributed by atoms with Crippen molar-refractivity contribution in [1.82, 2.24) is 0 Å². The van der Waals surface area contributed by atoms with Gasteiger partial charge < -0.3 is 5.11 Å². The lowest BCUT2D eigenvalue weighted by Crippen LogP contribution is -2.24. The molecule has 1 aromatic heterocycles. The molecule has 0 saturated heterocycles. The number of benzene rings is 1. The van der Waals surface area contributed by atoms with Crippen LogP contribution in [-0.4, -0.2) is 5.11 Å². The molecule has 0 radical (unpaired) electrons. The van der Waals surface area contributed by atoms with E-state index in [0.717, 1.165) is 11.6 Å². The zero-order valence-corrected chi connectivity index (χ0v) is 10.8. The molecule has 1 unspecified atom stereocenters. The van der Waals surface area contributed by atoms with Gasteiger partial charge >= 0.3 is 0 Å². The van der Waals surface area contributed by atoms with Gasteiger partial charge in [0.2, 0.25) is 0 Å². The zero-order valence-electron chi connectivity index (χ0n) is 9.99. The summed E-state index contributed by atoms with van der Waals surface area (Å²) in [6.45, 7) is 1.51. The number of hydrogen-bond acceptors (Lipinski definition) is 2. The minimum atomic E-state index is -1.37. The van der Waals surface area contributed by atoms with Crippen molar-refractivity contribution in [3.05, 3.63) is 57.8 Å². The zero-order chi connectivity index (χ0) is 13.2. The molecule has 0 saturated carbocycles. The second-order valence-corrected chi connectivity index (χ2v) is 5.29. The van der Waals surface area contributed by atoms with E-state index in [1.165, 1.54) is 19.1 Å². The highest BCUT2D eigenvalue weighted by Gasteiger charge is 2.27. The van der Waals surface area contributed by atoms with Crippen molar-refractivity contribution in [2.45, 2.75) is 25.4 Å². The fraction of sp³-hybridized carbons (Fsp3) is 0.286. The Morgan fingerprint density at radius 3 is 2.72 bits per heavy atom. The summed E-state index contributed by atoms with van der Waals surface area (Å²) in [5.74, 6) is -1.89. The Morgan fingerprint density at radius 1 is 1.28 bits per heavy atom. The van der Waals surface area contributed by atoms with Gasteiger partial charge in [-0.25, -0.2) is 8.78 Å². The molecule has 18 heavy (non-hydrogen) atoms. The van der Waals surface area contributed by atoms with Crippen LogP contribution in [0, 0.1) is 11.6 Å². The number of aliphatic hydroxyl groups is 1. The second kappa shape index (κ2) is 5.16. The van der Waals surface area contributed by atoms with Crippen LogP contribution in [-0.2, 0) is 12.0 Å². The van der Waals surface area contributed by atoms with E-state index in [9.17, 15) is 13.9 Å². The maximum Gasteiger partial charge on any atom is 0.164 e. The fourth-order valence-electron chi connectivity index (χ4n) is 1.88. The average Bonchev–Trinajstić information content (AvgIpc) is 2.83. The number of hydrogen-bond donors (Lipinski definition) is 1. The molecular weight excluding hydrogens is 254 g/mol.